The molecule has 1 fully saturated rings. The van der Waals surface area contributed by atoms with Crippen molar-refractivity contribution >= 4 is 17.2 Å². The summed E-state index contributed by atoms with van der Waals surface area (Å²) in [5.74, 6) is -0.334. The lowest BCUT2D eigenvalue weighted by Gasteiger charge is -2.36. The molecule has 6 nitrogen and oxygen atoms in total. The molecule has 24 heavy (non-hydrogen) atoms. The first-order chi connectivity index (χ1) is 11.3. The lowest BCUT2D eigenvalue weighted by atomic mass is 9.72. The number of esters is 1. The van der Waals surface area contributed by atoms with E-state index in [1.807, 2.05) is 0 Å². The molecule has 130 valence electrons. The number of ether oxygens (including phenoxy) is 1. The molecule has 0 atom stereocenters. The van der Waals surface area contributed by atoms with E-state index in [0.29, 0.717) is 22.6 Å². The topological polar surface area (TPSA) is 74.3 Å². The van der Waals surface area contributed by atoms with Crippen LogP contribution in [0.2, 0.25) is 0 Å². The van der Waals surface area contributed by atoms with Crippen LogP contribution in [-0.2, 0) is 16.1 Å². The van der Waals surface area contributed by atoms with Crippen molar-refractivity contribution in [3.05, 3.63) is 28.9 Å². The number of hydrogen-bond donors (Lipinski definition) is 0. The van der Waals surface area contributed by atoms with Crippen LogP contribution in [0.1, 0.15) is 46.5 Å². The third-order valence-corrected chi connectivity index (χ3v) is 4.91. The lowest BCUT2D eigenvalue weighted by Crippen LogP contribution is -2.32. The third kappa shape index (κ3) is 3.52. The molecule has 2 heterocycles. The van der Waals surface area contributed by atoms with Crippen LogP contribution in [0.5, 0.6) is 0 Å². The summed E-state index contributed by atoms with van der Waals surface area (Å²) in [5, 5.41) is 0. The Morgan fingerprint density at radius 3 is 2.71 bits per heavy atom. The predicted molar refractivity (Wildman–Crippen MR) is 89.6 cm³/mol. The number of aromatic nitrogens is 2. The zero-order valence-electron chi connectivity index (χ0n) is 14.4. The second-order valence-electron chi connectivity index (χ2n) is 7.61. The average Bonchev–Trinajstić information content (AvgIpc) is 2.83. The summed E-state index contributed by atoms with van der Waals surface area (Å²) in [5.41, 5.74) is 1.04. The van der Waals surface area contributed by atoms with Gasteiger partial charge in [-0.3, -0.25) is 4.79 Å². The number of carbonyl (C=O) groups is 1. The second-order valence-corrected chi connectivity index (χ2v) is 7.61. The molecule has 1 saturated carbocycles. The van der Waals surface area contributed by atoms with E-state index in [1.54, 1.807) is 18.3 Å². The highest BCUT2D eigenvalue weighted by atomic mass is 16.5. The Hall–Kier alpha value is -2.11. The first-order valence-corrected chi connectivity index (χ1v) is 8.48. The van der Waals surface area contributed by atoms with E-state index in [1.165, 1.54) is 4.57 Å². The SMILES string of the molecule is CC(C)(C)C1CCC(OC(=O)Cn2c(=O)oc3cccnc32)CC1. The molecule has 1 aliphatic carbocycles. The summed E-state index contributed by atoms with van der Waals surface area (Å²) in [6.07, 6.45) is 5.40. The minimum atomic E-state index is -0.586. The number of rotatable bonds is 3. The highest BCUT2D eigenvalue weighted by Gasteiger charge is 2.31. The molecular weight excluding hydrogens is 308 g/mol. The number of nitrogens with zero attached hydrogens (tertiary/aromatic N) is 2. The van der Waals surface area contributed by atoms with Crippen LogP contribution in [-0.4, -0.2) is 21.6 Å². The zero-order chi connectivity index (χ0) is 17.3. The van der Waals surface area contributed by atoms with Crippen molar-refractivity contribution in [2.24, 2.45) is 11.3 Å². The first kappa shape index (κ1) is 16.7. The largest absolute Gasteiger partial charge is 0.461 e. The molecule has 0 radical (unpaired) electrons. The molecule has 3 rings (SSSR count). The van der Waals surface area contributed by atoms with Gasteiger partial charge in [-0.2, -0.15) is 0 Å². The van der Waals surface area contributed by atoms with E-state index < -0.39 is 11.7 Å². The van der Waals surface area contributed by atoms with Crippen molar-refractivity contribution in [3.8, 4) is 0 Å². The Morgan fingerprint density at radius 1 is 1.33 bits per heavy atom. The van der Waals surface area contributed by atoms with Crippen molar-refractivity contribution in [1.82, 2.24) is 9.55 Å². The van der Waals surface area contributed by atoms with Crippen molar-refractivity contribution in [1.29, 1.82) is 0 Å². The lowest BCUT2D eigenvalue weighted by molar-refractivity contribution is -0.152. The smallest absolute Gasteiger partial charge is 0.421 e. The van der Waals surface area contributed by atoms with Crippen molar-refractivity contribution in [3.63, 3.8) is 0 Å². The van der Waals surface area contributed by atoms with Crippen LogP contribution >= 0.6 is 0 Å². The normalized spacial score (nSPS) is 21.8. The van der Waals surface area contributed by atoms with Crippen LogP contribution < -0.4 is 5.76 Å². The fourth-order valence-corrected chi connectivity index (χ4v) is 3.44. The Morgan fingerprint density at radius 2 is 2.04 bits per heavy atom. The number of carbonyl (C=O) groups excluding carboxylic acids is 1. The number of fused-ring (bicyclic) bond motifs is 1. The highest BCUT2D eigenvalue weighted by molar-refractivity contribution is 5.73. The van der Waals surface area contributed by atoms with E-state index in [0.717, 1.165) is 25.7 Å². The summed E-state index contributed by atoms with van der Waals surface area (Å²) in [4.78, 5) is 28.2. The summed E-state index contributed by atoms with van der Waals surface area (Å²) < 4.78 is 11.9. The molecule has 0 bridgehead atoms. The maximum atomic E-state index is 12.2. The van der Waals surface area contributed by atoms with Gasteiger partial charge in [-0.05, 0) is 49.1 Å². The summed E-state index contributed by atoms with van der Waals surface area (Å²) in [7, 11) is 0. The van der Waals surface area contributed by atoms with E-state index in [2.05, 4.69) is 25.8 Å². The van der Waals surface area contributed by atoms with Gasteiger partial charge in [0.05, 0.1) is 0 Å². The minimum Gasteiger partial charge on any atom is -0.461 e. The molecule has 6 heteroatoms. The first-order valence-electron chi connectivity index (χ1n) is 8.48. The number of pyridine rings is 1. The number of oxazole rings is 1. The molecule has 2 aromatic rings. The van der Waals surface area contributed by atoms with Crippen LogP contribution in [0.3, 0.4) is 0 Å². The quantitative estimate of drug-likeness (QED) is 0.807. The van der Waals surface area contributed by atoms with E-state index in [9.17, 15) is 9.59 Å². The van der Waals surface area contributed by atoms with E-state index >= 15 is 0 Å². The molecule has 0 saturated heterocycles. The Labute approximate surface area is 140 Å². The molecule has 0 aliphatic heterocycles. The molecule has 2 aromatic heterocycles. The van der Waals surface area contributed by atoms with Gasteiger partial charge in [0, 0.05) is 6.20 Å². The van der Waals surface area contributed by atoms with Gasteiger partial charge >= 0.3 is 11.7 Å². The molecule has 0 spiro atoms. The zero-order valence-corrected chi connectivity index (χ0v) is 14.4. The van der Waals surface area contributed by atoms with E-state index in [4.69, 9.17) is 9.15 Å². The van der Waals surface area contributed by atoms with Crippen molar-refractivity contribution in [2.75, 3.05) is 0 Å². The van der Waals surface area contributed by atoms with E-state index in [-0.39, 0.29) is 12.6 Å². The molecule has 0 amide bonds. The molecule has 0 aromatic carbocycles. The van der Waals surface area contributed by atoms with Gasteiger partial charge in [0.1, 0.15) is 12.6 Å². The van der Waals surface area contributed by atoms with Crippen LogP contribution in [0, 0.1) is 11.3 Å². The van der Waals surface area contributed by atoms with Gasteiger partial charge in [0.25, 0.3) is 0 Å². The maximum Gasteiger partial charge on any atom is 0.421 e. The van der Waals surface area contributed by atoms with Gasteiger partial charge in [-0.1, -0.05) is 20.8 Å². The summed E-state index contributed by atoms with van der Waals surface area (Å²) >= 11 is 0. The molecule has 0 unspecified atom stereocenters. The van der Waals surface area contributed by atoms with Crippen molar-refractivity contribution in [2.45, 2.75) is 59.1 Å². The highest BCUT2D eigenvalue weighted by Crippen LogP contribution is 2.38. The van der Waals surface area contributed by atoms with Gasteiger partial charge in [-0.15, -0.1) is 0 Å². The molecule has 1 aliphatic rings. The molecular formula is C18H24N2O4. The monoisotopic (exact) mass is 332 g/mol. The van der Waals surface area contributed by atoms with Crippen LogP contribution in [0.25, 0.3) is 11.2 Å². The Bertz CT molecular complexity index is 776. The third-order valence-electron chi connectivity index (χ3n) is 4.91. The van der Waals surface area contributed by atoms with Gasteiger partial charge in [-0.25, -0.2) is 14.3 Å². The maximum absolute atomic E-state index is 12.2. The van der Waals surface area contributed by atoms with Crippen LogP contribution in [0.4, 0.5) is 0 Å². The second kappa shape index (κ2) is 6.42. The van der Waals surface area contributed by atoms with Crippen molar-refractivity contribution < 1.29 is 13.9 Å². The fraction of sp³-hybridized carbons (Fsp3) is 0.611. The van der Waals surface area contributed by atoms with Crippen LogP contribution in [0.15, 0.2) is 27.5 Å². The summed E-state index contributed by atoms with van der Waals surface area (Å²) in [6, 6.07) is 3.33. The van der Waals surface area contributed by atoms with Gasteiger partial charge < -0.3 is 9.15 Å². The van der Waals surface area contributed by atoms with Gasteiger partial charge in [0.15, 0.2) is 11.2 Å². The Kier molecular flexibility index (Phi) is 4.47. The summed E-state index contributed by atoms with van der Waals surface area (Å²) in [6.45, 7) is 6.61. The fourth-order valence-electron chi connectivity index (χ4n) is 3.44. The van der Waals surface area contributed by atoms with Gasteiger partial charge in [0.2, 0.25) is 0 Å². The molecule has 0 N–H and O–H groups in total. The average molecular weight is 332 g/mol. The standard InChI is InChI=1S/C18H24N2O4/c1-18(2,3)12-6-8-13(9-7-12)23-15(21)11-20-16-14(24-17(20)22)5-4-10-19-16/h4-5,10,12-13H,6-9,11H2,1-3H3. The Balaban J connectivity index is 1.60. The number of hydrogen-bond acceptors (Lipinski definition) is 5. The predicted octanol–water partition coefficient (Wildman–Crippen LogP) is 3.14. The minimum absolute atomic E-state index is 0.0575.